The second kappa shape index (κ2) is 6.76. The zero-order valence-electron chi connectivity index (χ0n) is 11.5. The van der Waals surface area contributed by atoms with E-state index in [1.165, 1.54) is 17.7 Å². The van der Waals surface area contributed by atoms with Gasteiger partial charge in [0, 0.05) is 6.42 Å². The SMILES string of the molecule is Cc1cccc(OCCC[NH+]2CCOCC2)c1C. The van der Waals surface area contributed by atoms with Crippen molar-refractivity contribution < 1.29 is 14.4 Å². The number of rotatable bonds is 5. The van der Waals surface area contributed by atoms with Gasteiger partial charge in [0.15, 0.2) is 0 Å². The molecule has 0 spiro atoms. The quantitative estimate of drug-likeness (QED) is 0.788. The van der Waals surface area contributed by atoms with Crippen LogP contribution in [0.4, 0.5) is 0 Å². The number of hydrogen-bond acceptors (Lipinski definition) is 2. The van der Waals surface area contributed by atoms with Crippen LogP contribution in [0.2, 0.25) is 0 Å². The van der Waals surface area contributed by atoms with Crippen LogP contribution in [0, 0.1) is 13.8 Å². The van der Waals surface area contributed by atoms with E-state index in [1.54, 1.807) is 4.90 Å². The number of quaternary nitrogens is 1. The average Bonchev–Trinajstić information content (AvgIpc) is 2.40. The Balaban J connectivity index is 1.70. The molecule has 1 saturated heterocycles. The molecule has 100 valence electrons. The minimum Gasteiger partial charge on any atom is -0.493 e. The zero-order chi connectivity index (χ0) is 12.8. The lowest BCUT2D eigenvalue weighted by atomic mass is 10.1. The highest BCUT2D eigenvalue weighted by Gasteiger charge is 2.12. The number of morpholine rings is 1. The van der Waals surface area contributed by atoms with Crippen LogP contribution in [-0.4, -0.2) is 39.5 Å². The van der Waals surface area contributed by atoms with Crippen LogP contribution < -0.4 is 9.64 Å². The van der Waals surface area contributed by atoms with Crippen LogP contribution in [-0.2, 0) is 4.74 Å². The summed E-state index contributed by atoms with van der Waals surface area (Å²) in [5.41, 5.74) is 2.56. The van der Waals surface area contributed by atoms with Crippen molar-refractivity contribution in [1.82, 2.24) is 0 Å². The monoisotopic (exact) mass is 250 g/mol. The van der Waals surface area contributed by atoms with Gasteiger partial charge in [-0.05, 0) is 31.0 Å². The summed E-state index contributed by atoms with van der Waals surface area (Å²) in [7, 11) is 0. The van der Waals surface area contributed by atoms with Crippen molar-refractivity contribution in [2.45, 2.75) is 20.3 Å². The van der Waals surface area contributed by atoms with Crippen molar-refractivity contribution in [1.29, 1.82) is 0 Å². The molecule has 2 rings (SSSR count). The second-order valence-electron chi connectivity index (χ2n) is 5.01. The van der Waals surface area contributed by atoms with Gasteiger partial charge in [0.25, 0.3) is 0 Å². The molecule has 1 aromatic rings. The summed E-state index contributed by atoms with van der Waals surface area (Å²) in [6, 6.07) is 6.24. The molecule has 1 N–H and O–H groups in total. The van der Waals surface area contributed by atoms with Gasteiger partial charge < -0.3 is 14.4 Å². The van der Waals surface area contributed by atoms with Crippen LogP contribution in [0.3, 0.4) is 0 Å². The maximum atomic E-state index is 5.86. The molecule has 0 bridgehead atoms. The zero-order valence-corrected chi connectivity index (χ0v) is 11.5. The van der Waals surface area contributed by atoms with Crippen molar-refractivity contribution in [3.05, 3.63) is 29.3 Å². The molecule has 1 aromatic carbocycles. The number of ether oxygens (including phenoxy) is 2. The Morgan fingerprint density at radius 3 is 2.78 bits per heavy atom. The molecule has 1 aliphatic heterocycles. The minimum absolute atomic E-state index is 0.814. The van der Waals surface area contributed by atoms with E-state index in [9.17, 15) is 0 Å². The van der Waals surface area contributed by atoms with Crippen LogP contribution in [0.1, 0.15) is 17.5 Å². The van der Waals surface area contributed by atoms with Crippen LogP contribution >= 0.6 is 0 Å². The molecule has 3 nitrogen and oxygen atoms in total. The number of hydrogen-bond donors (Lipinski definition) is 1. The first-order chi connectivity index (χ1) is 8.77. The lowest BCUT2D eigenvalue weighted by Gasteiger charge is -2.23. The van der Waals surface area contributed by atoms with Crippen LogP contribution in [0.5, 0.6) is 5.75 Å². The van der Waals surface area contributed by atoms with E-state index in [4.69, 9.17) is 9.47 Å². The summed E-state index contributed by atoms with van der Waals surface area (Å²) in [5.74, 6) is 1.03. The summed E-state index contributed by atoms with van der Waals surface area (Å²) in [5, 5.41) is 0. The fourth-order valence-corrected chi connectivity index (χ4v) is 2.29. The molecule has 0 radical (unpaired) electrons. The standard InChI is InChI=1S/C15H23NO2/c1-13-5-3-6-15(14(13)2)18-10-4-7-16-8-11-17-12-9-16/h3,5-6H,4,7-12H2,1-2H3/p+1. The smallest absolute Gasteiger partial charge is 0.122 e. The third-order valence-electron chi connectivity index (χ3n) is 3.69. The molecule has 18 heavy (non-hydrogen) atoms. The molecule has 3 heteroatoms. The van der Waals surface area contributed by atoms with E-state index < -0.39 is 0 Å². The maximum Gasteiger partial charge on any atom is 0.122 e. The van der Waals surface area contributed by atoms with Crippen molar-refractivity contribution in [2.75, 3.05) is 39.5 Å². The summed E-state index contributed by atoms with van der Waals surface area (Å²) in [6.45, 7) is 10.4. The van der Waals surface area contributed by atoms with E-state index in [2.05, 4.69) is 32.0 Å². The normalized spacial score (nSPS) is 16.8. The molecule has 1 heterocycles. The van der Waals surface area contributed by atoms with Crippen molar-refractivity contribution >= 4 is 0 Å². The van der Waals surface area contributed by atoms with Crippen molar-refractivity contribution in [3.63, 3.8) is 0 Å². The van der Waals surface area contributed by atoms with Crippen molar-refractivity contribution in [2.24, 2.45) is 0 Å². The number of nitrogens with one attached hydrogen (secondary N) is 1. The molecular weight excluding hydrogens is 226 g/mol. The van der Waals surface area contributed by atoms with E-state index >= 15 is 0 Å². The molecule has 0 amide bonds. The summed E-state index contributed by atoms with van der Waals surface area (Å²) >= 11 is 0. The topological polar surface area (TPSA) is 22.9 Å². The second-order valence-corrected chi connectivity index (χ2v) is 5.01. The highest BCUT2D eigenvalue weighted by Crippen LogP contribution is 2.20. The Morgan fingerprint density at radius 2 is 2.00 bits per heavy atom. The van der Waals surface area contributed by atoms with Crippen LogP contribution in [0.15, 0.2) is 18.2 Å². The van der Waals surface area contributed by atoms with E-state index in [1.807, 2.05) is 0 Å². The number of aryl methyl sites for hydroxylation is 1. The third-order valence-corrected chi connectivity index (χ3v) is 3.69. The first-order valence-corrected chi connectivity index (χ1v) is 6.87. The van der Waals surface area contributed by atoms with Gasteiger partial charge in [-0.3, -0.25) is 0 Å². The fraction of sp³-hybridized carbons (Fsp3) is 0.600. The third kappa shape index (κ3) is 3.72. The summed E-state index contributed by atoms with van der Waals surface area (Å²) < 4.78 is 11.2. The highest BCUT2D eigenvalue weighted by atomic mass is 16.5. The molecular formula is C15H24NO2+. The van der Waals surface area contributed by atoms with Gasteiger partial charge in [-0.15, -0.1) is 0 Å². The first kappa shape index (κ1) is 13.4. The minimum atomic E-state index is 0.814. The number of benzene rings is 1. The lowest BCUT2D eigenvalue weighted by Crippen LogP contribution is -3.14. The Morgan fingerprint density at radius 1 is 1.22 bits per heavy atom. The predicted octanol–water partition coefficient (Wildman–Crippen LogP) is 0.987. The molecule has 1 fully saturated rings. The summed E-state index contributed by atoms with van der Waals surface area (Å²) in [6.07, 6.45) is 1.11. The van der Waals surface area contributed by atoms with Crippen LogP contribution in [0.25, 0.3) is 0 Å². The molecule has 0 unspecified atom stereocenters. The van der Waals surface area contributed by atoms with Gasteiger partial charge in [0.2, 0.25) is 0 Å². The van der Waals surface area contributed by atoms with Crippen molar-refractivity contribution in [3.8, 4) is 5.75 Å². The molecule has 1 aliphatic rings. The highest BCUT2D eigenvalue weighted by molar-refractivity contribution is 5.38. The molecule has 0 aromatic heterocycles. The van der Waals surface area contributed by atoms with E-state index in [0.717, 1.165) is 45.1 Å². The van der Waals surface area contributed by atoms with Gasteiger partial charge in [-0.1, -0.05) is 12.1 Å². The average molecular weight is 250 g/mol. The largest absolute Gasteiger partial charge is 0.493 e. The van der Waals surface area contributed by atoms with Gasteiger partial charge in [-0.2, -0.15) is 0 Å². The Labute approximate surface area is 110 Å². The summed E-state index contributed by atoms with van der Waals surface area (Å²) in [4.78, 5) is 1.64. The Bertz CT molecular complexity index is 373. The van der Waals surface area contributed by atoms with Gasteiger partial charge in [-0.25, -0.2) is 0 Å². The fourth-order valence-electron chi connectivity index (χ4n) is 2.29. The van der Waals surface area contributed by atoms with Gasteiger partial charge in [0.05, 0.1) is 26.4 Å². The predicted molar refractivity (Wildman–Crippen MR) is 72.4 cm³/mol. The molecule has 0 aliphatic carbocycles. The lowest BCUT2D eigenvalue weighted by molar-refractivity contribution is -0.908. The maximum absolute atomic E-state index is 5.86. The van der Waals surface area contributed by atoms with E-state index in [-0.39, 0.29) is 0 Å². The Hall–Kier alpha value is -1.06. The van der Waals surface area contributed by atoms with Gasteiger partial charge in [0.1, 0.15) is 18.8 Å². The van der Waals surface area contributed by atoms with Gasteiger partial charge >= 0.3 is 0 Å². The first-order valence-electron chi connectivity index (χ1n) is 6.87. The Kier molecular flexibility index (Phi) is 5.02. The molecule has 0 saturated carbocycles. The van der Waals surface area contributed by atoms with E-state index in [0.29, 0.717) is 0 Å². The molecule has 0 atom stereocenters.